The van der Waals surface area contributed by atoms with Gasteiger partial charge in [0.2, 0.25) is 0 Å². The lowest BCUT2D eigenvalue weighted by molar-refractivity contribution is 0.430. The molecule has 0 unspecified atom stereocenters. The van der Waals surface area contributed by atoms with Crippen LogP contribution in [0.15, 0.2) is 6.20 Å². The van der Waals surface area contributed by atoms with Gasteiger partial charge in [-0.05, 0) is 6.92 Å². The van der Waals surface area contributed by atoms with E-state index >= 15 is 0 Å². The number of rotatable bonds is 1. The first-order valence-corrected chi connectivity index (χ1v) is 3.23. The maximum absolute atomic E-state index is 9.28. The zero-order valence-corrected chi connectivity index (χ0v) is 6.20. The van der Waals surface area contributed by atoms with Crippen molar-refractivity contribution in [3.05, 3.63) is 17.5 Å². The molecule has 0 bridgehead atoms. The lowest BCUT2D eigenvalue weighted by Gasteiger charge is -2.05. The Hall–Kier alpha value is -1.29. The summed E-state index contributed by atoms with van der Waals surface area (Å²) in [5, 5.41) is 18.4. The number of aromatic hydroxyl groups is 2. The monoisotopic (exact) mass is 154 g/mol. The van der Waals surface area contributed by atoms with Crippen LogP contribution in [-0.2, 0) is 6.54 Å². The summed E-state index contributed by atoms with van der Waals surface area (Å²) in [6.07, 6.45) is 1.28. The van der Waals surface area contributed by atoms with E-state index in [-0.39, 0.29) is 18.0 Å². The molecule has 0 aliphatic carbocycles. The molecule has 1 aromatic rings. The summed E-state index contributed by atoms with van der Waals surface area (Å²) in [6, 6.07) is 0. The smallest absolute Gasteiger partial charge is 0.144 e. The van der Waals surface area contributed by atoms with Gasteiger partial charge in [-0.2, -0.15) is 0 Å². The third-order valence-electron chi connectivity index (χ3n) is 1.52. The fourth-order valence-corrected chi connectivity index (χ4v) is 0.838. The van der Waals surface area contributed by atoms with Crippen LogP contribution in [0.1, 0.15) is 11.3 Å². The lowest BCUT2D eigenvalue weighted by Crippen LogP contribution is -1.99. The average molecular weight is 154 g/mol. The maximum Gasteiger partial charge on any atom is 0.144 e. The minimum Gasteiger partial charge on any atom is -0.506 e. The van der Waals surface area contributed by atoms with E-state index in [2.05, 4.69) is 4.98 Å². The highest BCUT2D eigenvalue weighted by atomic mass is 16.3. The van der Waals surface area contributed by atoms with Gasteiger partial charge in [-0.15, -0.1) is 0 Å². The zero-order valence-electron chi connectivity index (χ0n) is 6.20. The van der Waals surface area contributed by atoms with E-state index in [9.17, 15) is 5.11 Å². The Morgan fingerprint density at radius 1 is 1.55 bits per heavy atom. The van der Waals surface area contributed by atoms with Crippen molar-refractivity contribution in [2.45, 2.75) is 13.5 Å². The van der Waals surface area contributed by atoms with Crippen LogP contribution >= 0.6 is 0 Å². The third-order valence-corrected chi connectivity index (χ3v) is 1.52. The fourth-order valence-electron chi connectivity index (χ4n) is 0.838. The largest absolute Gasteiger partial charge is 0.506 e. The average Bonchev–Trinajstić information content (AvgIpc) is 1.99. The molecule has 0 saturated heterocycles. The number of hydrogen-bond acceptors (Lipinski definition) is 4. The molecule has 0 aliphatic rings. The van der Waals surface area contributed by atoms with E-state index < -0.39 is 0 Å². The Morgan fingerprint density at radius 3 is 2.64 bits per heavy atom. The summed E-state index contributed by atoms with van der Waals surface area (Å²) in [5.74, 6) is -0.0805. The van der Waals surface area contributed by atoms with Gasteiger partial charge in [0.25, 0.3) is 0 Å². The molecular formula is C7H10N2O2. The summed E-state index contributed by atoms with van der Waals surface area (Å²) in [7, 11) is 0. The fraction of sp³-hybridized carbons (Fsp3) is 0.286. The summed E-state index contributed by atoms with van der Waals surface area (Å²) >= 11 is 0. The van der Waals surface area contributed by atoms with Crippen LogP contribution in [0, 0.1) is 6.92 Å². The number of hydrogen-bond donors (Lipinski definition) is 3. The predicted molar refractivity (Wildman–Crippen MR) is 40.2 cm³/mol. The van der Waals surface area contributed by atoms with Gasteiger partial charge in [-0.3, -0.25) is 4.98 Å². The second-order valence-corrected chi connectivity index (χ2v) is 2.26. The first-order valence-electron chi connectivity index (χ1n) is 3.23. The van der Waals surface area contributed by atoms with Gasteiger partial charge in [0.05, 0.1) is 17.5 Å². The second kappa shape index (κ2) is 2.75. The molecule has 4 heteroatoms. The Labute approximate surface area is 64.3 Å². The molecule has 1 aromatic heterocycles. The molecule has 0 fully saturated rings. The SMILES string of the molecule is Cc1ncc(O)c(CN)c1O. The molecule has 1 heterocycles. The molecule has 0 atom stereocenters. The molecule has 0 radical (unpaired) electrons. The highest BCUT2D eigenvalue weighted by Gasteiger charge is 2.08. The van der Waals surface area contributed by atoms with Crippen molar-refractivity contribution in [1.82, 2.24) is 4.98 Å². The highest BCUT2D eigenvalue weighted by molar-refractivity contribution is 5.43. The van der Waals surface area contributed by atoms with Gasteiger partial charge in [-0.1, -0.05) is 0 Å². The van der Waals surface area contributed by atoms with Crippen LogP contribution in [0.3, 0.4) is 0 Å². The summed E-state index contributed by atoms with van der Waals surface area (Å²) in [5.41, 5.74) is 6.09. The molecule has 0 aliphatic heterocycles. The molecule has 0 spiro atoms. The maximum atomic E-state index is 9.28. The molecule has 60 valence electrons. The second-order valence-electron chi connectivity index (χ2n) is 2.26. The van der Waals surface area contributed by atoms with Crippen LogP contribution in [-0.4, -0.2) is 15.2 Å². The number of pyridine rings is 1. The van der Waals surface area contributed by atoms with Crippen molar-refractivity contribution >= 4 is 0 Å². The van der Waals surface area contributed by atoms with Crippen LogP contribution < -0.4 is 5.73 Å². The van der Waals surface area contributed by atoms with Gasteiger partial charge in [0, 0.05) is 6.54 Å². The van der Waals surface area contributed by atoms with Gasteiger partial charge in [0.15, 0.2) is 0 Å². The van der Waals surface area contributed by atoms with E-state index in [0.717, 1.165) is 0 Å². The molecule has 0 saturated carbocycles. The highest BCUT2D eigenvalue weighted by Crippen LogP contribution is 2.26. The molecule has 0 amide bonds. The predicted octanol–water partition coefficient (Wildman–Crippen LogP) is 0.260. The van der Waals surface area contributed by atoms with Crippen molar-refractivity contribution < 1.29 is 10.2 Å². The van der Waals surface area contributed by atoms with Crippen LogP contribution in [0.25, 0.3) is 0 Å². The van der Waals surface area contributed by atoms with E-state index in [1.54, 1.807) is 6.92 Å². The van der Waals surface area contributed by atoms with Gasteiger partial charge in [-0.25, -0.2) is 0 Å². The summed E-state index contributed by atoms with van der Waals surface area (Å²) in [4.78, 5) is 3.73. The Balaban J connectivity index is 3.29. The van der Waals surface area contributed by atoms with E-state index in [0.29, 0.717) is 11.3 Å². The van der Waals surface area contributed by atoms with Crippen LogP contribution in [0.4, 0.5) is 0 Å². The first kappa shape index (κ1) is 7.81. The van der Waals surface area contributed by atoms with Crippen molar-refractivity contribution in [3.63, 3.8) is 0 Å². The van der Waals surface area contributed by atoms with Crippen LogP contribution in [0.2, 0.25) is 0 Å². The third kappa shape index (κ3) is 1.25. The molecular weight excluding hydrogens is 144 g/mol. The normalized spacial score (nSPS) is 10.0. The van der Waals surface area contributed by atoms with Crippen LogP contribution in [0.5, 0.6) is 11.5 Å². The van der Waals surface area contributed by atoms with E-state index in [1.807, 2.05) is 0 Å². The van der Waals surface area contributed by atoms with E-state index in [4.69, 9.17) is 10.8 Å². The quantitative estimate of drug-likeness (QED) is 0.542. The van der Waals surface area contributed by atoms with Gasteiger partial charge >= 0.3 is 0 Å². The van der Waals surface area contributed by atoms with Crippen molar-refractivity contribution in [2.24, 2.45) is 5.73 Å². The molecule has 0 aromatic carbocycles. The minimum atomic E-state index is -0.0596. The number of aromatic nitrogens is 1. The number of nitrogens with two attached hydrogens (primary N) is 1. The Bertz CT molecular complexity index is 273. The topological polar surface area (TPSA) is 79.4 Å². The number of nitrogens with zero attached hydrogens (tertiary/aromatic N) is 1. The summed E-state index contributed by atoms with van der Waals surface area (Å²) < 4.78 is 0. The van der Waals surface area contributed by atoms with Crippen molar-refractivity contribution in [1.29, 1.82) is 0 Å². The first-order chi connectivity index (χ1) is 5.16. The molecule has 11 heavy (non-hydrogen) atoms. The zero-order chi connectivity index (χ0) is 8.43. The minimum absolute atomic E-state index is 0.0208. The standard InChI is InChI=1S/C7H10N2O2/c1-4-7(11)5(2-8)6(10)3-9-4/h3,10-11H,2,8H2,1H3. The van der Waals surface area contributed by atoms with Gasteiger partial charge < -0.3 is 15.9 Å². The summed E-state index contributed by atoms with van der Waals surface area (Å²) in [6.45, 7) is 1.76. The number of aryl methyl sites for hydroxylation is 1. The Morgan fingerprint density at radius 2 is 2.18 bits per heavy atom. The lowest BCUT2D eigenvalue weighted by atomic mass is 10.2. The van der Waals surface area contributed by atoms with Crippen molar-refractivity contribution in [2.75, 3.05) is 0 Å². The van der Waals surface area contributed by atoms with Crippen molar-refractivity contribution in [3.8, 4) is 11.5 Å². The molecule has 4 nitrogen and oxygen atoms in total. The van der Waals surface area contributed by atoms with Gasteiger partial charge in [0.1, 0.15) is 11.5 Å². The Kier molecular flexibility index (Phi) is 1.96. The molecule has 4 N–H and O–H groups in total. The van der Waals surface area contributed by atoms with E-state index in [1.165, 1.54) is 6.20 Å². The molecule has 1 rings (SSSR count).